The van der Waals surface area contributed by atoms with Crippen molar-refractivity contribution in [1.82, 2.24) is 9.80 Å². The summed E-state index contributed by atoms with van der Waals surface area (Å²) in [4.78, 5) is 4.83. The number of nitrogens with two attached hydrogens (primary N) is 1. The van der Waals surface area contributed by atoms with Crippen molar-refractivity contribution in [3.63, 3.8) is 0 Å². The van der Waals surface area contributed by atoms with Gasteiger partial charge in [0.2, 0.25) is 0 Å². The fourth-order valence-corrected chi connectivity index (χ4v) is 2.76. The Morgan fingerprint density at radius 3 is 2.50 bits per heavy atom. The lowest BCUT2D eigenvalue weighted by Gasteiger charge is -2.33. The molecule has 0 saturated carbocycles. The first-order valence-electron chi connectivity index (χ1n) is 6.85. The van der Waals surface area contributed by atoms with Crippen molar-refractivity contribution in [1.29, 1.82) is 0 Å². The second-order valence-corrected chi connectivity index (χ2v) is 5.68. The SMILES string of the molecule is CN(C)CC1CCN(Cc2ccccc2N)CC1. The van der Waals surface area contributed by atoms with Crippen LogP contribution < -0.4 is 5.73 Å². The maximum absolute atomic E-state index is 6.00. The summed E-state index contributed by atoms with van der Waals surface area (Å²) in [5.41, 5.74) is 8.19. The van der Waals surface area contributed by atoms with E-state index in [0.717, 1.165) is 18.2 Å². The summed E-state index contributed by atoms with van der Waals surface area (Å²) in [6.45, 7) is 4.63. The van der Waals surface area contributed by atoms with E-state index in [1.807, 2.05) is 12.1 Å². The van der Waals surface area contributed by atoms with Gasteiger partial charge in [0.15, 0.2) is 0 Å². The lowest BCUT2D eigenvalue weighted by molar-refractivity contribution is 0.157. The molecule has 3 heteroatoms. The number of rotatable bonds is 4. The zero-order chi connectivity index (χ0) is 13.0. The van der Waals surface area contributed by atoms with E-state index in [1.54, 1.807) is 0 Å². The van der Waals surface area contributed by atoms with E-state index >= 15 is 0 Å². The second-order valence-electron chi connectivity index (χ2n) is 5.68. The molecule has 3 nitrogen and oxygen atoms in total. The van der Waals surface area contributed by atoms with Crippen LogP contribution in [0.15, 0.2) is 24.3 Å². The molecule has 0 aliphatic carbocycles. The van der Waals surface area contributed by atoms with Crippen molar-refractivity contribution in [2.75, 3.05) is 39.5 Å². The van der Waals surface area contributed by atoms with Crippen molar-refractivity contribution >= 4 is 5.69 Å². The number of hydrogen-bond acceptors (Lipinski definition) is 3. The normalized spacial score (nSPS) is 18.4. The van der Waals surface area contributed by atoms with Crippen molar-refractivity contribution in [3.8, 4) is 0 Å². The zero-order valence-electron chi connectivity index (χ0n) is 11.6. The first-order chi connectivity index (χ1) is 8.65. The van der Waals surface area contributed by atoms with E-state index < -0.39 is 0 Å². The Morgan fingerprint density at radius 2 is 1.89 bits per heavy atom. The molecule has 100 valence electrons. The Balaban J connectivity index is 1.82. The Hall–Kier alpha value is -1.06. The molecule has 0 atom stereocenters. The van der Waals surface area contributed by atoms with Gasteiger partial charge in [0.25, 0.3) is 0 Å². The number of anilines is 1. The maximum atomic E-state index is 6.00. The summed E-state index contributed by atoms with van der Waals surface area (Å²) in [5.74, 6) is 0.865. The summed E-state index contributed by atoms with van der Waals surface area (Å²) >= 11 is 0. The van der Waals surface area contributed by atoms with Crippen LogP contribution in [-0.2, 0) is 6.54 Å². The summed E-state index contributed by atoms with van der Waals surface area (Å²) in [5, 5.41) is 0. The molecule has 1 heterocycles. The van der Waals surface area contributed by atoms with Gasteiger partial charge < -0.3 is 10.6 Å². The molecule has 18 heavy (non-hydrogen) atoms. The van der Waals surface area contributed by atoms with Crippen LogP contribution in [0.4, 0.5) is 5.69 Å². The molecule has 0 bridgehead atoms. The number of para-hydroxylation sites is 1. The van der Waals surface area contributed by atoms with Gasteiger partial charge in [-0.2, -0.15) is 0 Å². The Bertz CT molecular complexity index is 368. The quantitative estimate of drug-likeness (QED) is 0.827. The third kappa shape index (κ3) is 3.72. The standard InChI is InChI=1S/C15H25N3/c1-17(2)11-13-7-9-18(10-8-13)12-14-5-3-4-6-15(14)16/h3-6,13H,7-12,16H2,1-2H3. The predicted octanol–water partition coefficient (Wildman–Crippen LogP) is 2.04. The Morgan fingerprint density at radius 1 is 1.22 bits per heavy atom. The van der Waals surface area contributed by atoms with Gasteiger partial charge in [-0.3, -0.25) is 4.90 Å². The van der Waals surface area contributed by atoms with Crippen LogP contribution in [0.5, 0.6) is 0 Å². The van der Waals surface area contributed by atoms with Gasteiger partial charge in [0.1, 0.15) is 0 Å². The summed E-state index contributed by atoms with van der Waals surface area (Å²) in [6, 6.07) is 8.21. The van der Waals surface area contributed by atoms with Gasteiger partial charge in [-0.05, 0) is 57.6 Å². The van der Waals surface area contributed by atoms with Gasteiger partial charge in [-0.25, -0.2) is 0 Å². The van der Waals surface area contributed by atoms with Crippen molar-refractivity contribution < 1.29 is 0 Å². The van der Waals surface area contributed by atoms with E-state index in [-0.39, 0.29) is 0 Å². The maximum Gasteiger partial charge on any atom is 0.0359 e. The molecule has 1 aliphatic heterocycles. The van der Waals surface area contributed by atoms with Crippen LogP contribution >= 0.6 is 0 Å². The summed E-state index contributed by atoms with van der Waals surface area (Å²) < 4.78 is 0. The molecular weight excluding hydrogens is 222 g/mol. The molecule has 2 N–H and O–H groups in total. The van der Waals surface area contributed by atoms with Crippen LogP contribution in [0.3, 0.4) is 0 Å². The van der Waals surface area contributed by atoms with Gasteiger partial charge in [-0.1, -0.05) is 18.2 Å². The minimum absolute atomic E-state index is 0.865. The molecule has 1 saturated heterocycles. The number of likely N-dealkylation sites (tertiary alicyclic amines) is 1. The minimum atomic E-state index is 0.865. The molecule has 2 rings (SSSR count). The van der Waals surface area contributed by atoms with Gasteiger partial charge in [-0.15, -0.1) is 0 Å². The number of nitrogens with zero attached hydrogens (tertiary/aromatic N) is 2. The summed E-state index contributed by atoms with van der Waals surface area (Å²) in [7, 11) is 4.33. The van der Waals surface area contributed by atoms with Crippen molar-refractivity contribution in [3.05, 3.63) is 29.8 Å². The highest BCUT2D eigenvalue weighted by molar-refractivity contribution is 5.46. The topological polar surface area (TPSA) is 32.5 Å². The molecule has 0 radical (unpaired) electrons. The smallest absolute Gasteiger partial charge is 0.0359 e. The molecule has 0 spiro atoms. The lowest BCUT2D eigenvalue weighted by atomic mass is 9.96. The molecule has 0 aromatic heterocycles. The number of hydrogen-bond donors (Lipinski definition) is 1. The van der Waals surface area contributed by atoms with Gasteiger partial charge >= 0.3 is 0 Å². The molecule has 1 aromatic rings. The third-order valence-corrected chi connectivity index (χ3v) is 3.78. The Kier molecular flexibility index (Phi) is 4.61. The molecule has 1 aliphatic rings. The predicted molar refractivity (Wildman–Crippen MR) is 77.4 cm³/mol. The van der Waals surface area contributed by atoms with Crippen molar-refractivity contribution in [2.24, 2.45) is 5.92 Å². The molecule has 0 unspecified atom stereocenters. The van der Waals surface area contributed by atoms with Gasteiger partial charge in [0, 0.05) is 18.8 Å². The van der Waals surface area contributed by atoms with Crippen LogP contribution in [0, 0.1) is 5.92 Å². The third-order valence-electron chi connectivity index (χ3n) is 3.78. The van der Waals surface area contributed by atoms with Crippen LogP contribution in [-0.4, -0.2) is 43.5 Å². The highest BCUT2D eigenvalue weighted by Crippen LogP contribution is 2.21. The molecule has 0 amide bonds. The first kappa shape index (κ1) is 13.4. The lowest BCUT2D eigenvalue weighted by Crippen LogP contribution is -2.36. The van der Waals surface area contributed by atoms with E-state index in [4.69, 9.17) is 5.73 Å². The molecule has 1 aromatic carbocycles. The average molecular weight is 247 g/mol. The number of piperidine rings is 1. The second kappa shape index (κ2) is 6.21. The fraction of sp³-hybridized carbons (Fsp3) is 0.600. The van der Waals surface area contributed by atoms with E-state index in [2.05, 4.69) is 36.0 Å². The molecular formula is C15H25N3. The van der Waals surface area contributed by atoms with Gasteiger partial charge in [0.05, 0.1) is 0 Å². The molecule has 1 fully saturated rings. The largest absolute Gasteiger partial charge is 0.398 e. The monoisotopic (exact) mass is 247 g/mol. The first-order valence-corrected chi connectivity index (χ1v) is 6.85. The van der Waals surface area contributed by atoms with Crippen LogP contribution in [0.25, 0.3) is 0 Å². The highest BCUT2D eigenvalue weighted by Gasteiger charge is 2.19. The van der Waals surface area contributed by atoms with Crippen molar-refractivity contribution in [2.45, 2.75) is 19.4 Å². The van der Waals surface area contributed by atoms with Crippen LogP contribution in [0.2, 0.25) is 0 Å². The number of nitrogen functional groups attached to an aromatic ring is 1. The Labute approximate surface area is 111 Å². The highest BCUT2D eigenvalue weighted by atomic mass is 15.1. The van der Waals surface area contributed by atoms with E-state index in [1.165, 1.54) is 38.0 Å². The minimum Gasteiger partial charge on any atom is -0.398 e. The van der Waals surface area contributed by atoms with Crippen LogP contribution in [0.1, 0.15) is 18.4 Å². The average Bonchev–Trinajstić information content (AvgIpc) is 2.34. The zero-order valence-corrected chi connectivity index (χ0v) is 11.6. The fourth-order valence-electron chi connectivity index (χ4n) is 2.76. The summed E-state index contributed by atoms with van der Waals surface area (Å²) in [6.07, 6.45) is 2.62. The number of benzene rings is 1. The van der Waals surface area contributed by atoms with E-state index in [0.29, 0.717) is 0 Å². The van der Waals surface area contributed by atoms with E-state index in [9.17, 15) is 0 Å².